The van der Waals surface area contributed by atoms with Gasteiger partial charge in [0.1, 0.15) is 0 Å². The van der Waals surface area contributed by atoms with Gasteiger partial charge in [0.15, 0.2) is 5.92 Å². The summed E-state index contributed by atoms with van der Waals surface area (Å²) in [6.45, 7) is 0. The Morgan fingerprint density at radius 3 is 2.17 bits per heavy atom. The van der Waals surface area contributed by atoms with Crippen LogP contribution < -0.4 is 0 Å². The molecule has 0 aromatic carbocycles. The molecule has 0 aromatic heterocycles. The van der Waals surface area contributed by atoms with Gasteiger partial charge in [0.25, 0.3) is 0 Å². The molecular weight excluding hydrogens is 80.0 g/mol. The summed E-state index contributed by atoms with van der Waals surface area (Å²) < 4.78 is 0. The predicted molar refractivity (Wildman–Crippen MR) is 18.9 cm³/mol. The zero-order valence-corrected chi connectivity index (χ0v) is 2.93. The van der Waals surface area contributed by atoms with Crippen LogP contribution in [0.5, 0.6) is 0 Å². The Morgan fingerprint density at radius 2 is 2.17 bits per heavy atom. The van der Waals surface area contributed by atoms with Crippen LogP contribution in [0.2, 0.25) is 0 Å². The third-order valence-corrected chi connectivity index (χ3v) is 0.536. The summed E-state index contributed by atoms with van der Waals surface area (Å²) in [6.07, 6.45) is 0. The number of hydrogen-bond acceptors (Lipinski definition) is 1. The topological polar surface area (TPSA) is 37.3 Å². The summed E-state index contributed by atoms with van der Waals surface area (Å²) in [6, 6.07) is 0. The van der Waals surface area contributed by atoms with Crippen LogP contribution >= 0.6 is 0 Å². The van der Waals surface area contributed by atoms with Crippen molar-refractivity contribution in [1.29, 1.82) is 0 Å². The van der Waals surface area contributed by atoms with Gasteiger partial charge in [-0.15, -0.1) is 0 Å². The lowest BCUT2D eigenvalue weighted by molar-refractivity contribution is -0.137. The number of aliphatic carboxylic acids is 1. The number of carboxylic acids is 1. The molecule has 1 rings (SSSR count). The highest BCUT2D eigenvalue weighted by Crippen LogP contribution is 2.01. The van der Waals surface area contributed by atoms with Crippen molar-refractivity contribution in [3.8, 4) is 11.8 Å². The average Bonchev–Trinajstić information content (AvgIpc) is 2.06. The minimum atomic E-state index is -0.852. The first-order valence-electron chi connectivity index (χ1n) is 1.54. The molecule has 1 aliphatic rings. The van der Waals surface area contributed by atoms with Crippen molar-refractivity contribution in [2.45, 2.75) is 0 Å². The Hall–Kier alpha value is -0.970. The summed E-state index contributed by atoms with van der Waals surface area (Å²) in [7, 11) is 0. The van der Waals surface area contributed by atoms with Gasteiger partial charge in [-0.3, -0.25) is 0 Å². The minimum Gasteiger partial charge on any atom is -0.480 e. The molecule has 0 unspecified atom stereocenters. The maximum Gasteiger partial charge on any atom is 0.331 e. The maximum atomic E-state index is 9.64. The van der Waals surface area contributed by atoms with Gasteiger partial charge in [0.05, 0.1) is 0 Å². The van der Waals surface area contributed by atoms with Gasteiger partial charge < -0.3 is 5.11 Å². The van der Waals surface area contributed by atoms with Gasteiger partial charge in [0, 0.05) is 0 Å². The van der Waals surface area contributed by atoms with Crippen LogP contribution in [0.1, 0.15) is 0 Å². The molecule has 0 aromatic rings. The zero-order valence-electron chi connectivity index (χ0n) is 2.93. The first-order chi connectivity index (χ1) is 2.80. The van der Waals surface area contributed by atoms with Gasteiger partial charge in [0.2, 0.25) is 0 Å². The summed E-state index contributed by atoms with van der Waals surface area (Å²) in [5, 5.41) is 7.93. The lowest BCUT2D eigenvalue weighted by Gasteiger charge is -1.75. The van der Waals surface area contributed by atoms with Crippen molar-refractivity contribution >= 4 is 5.97 Å². The van der Waals surface area contributed by atoms with Gasteiger partial charge in [-0.2, -0.15) is 0 Å². The van der Waals surface area contributed by atoms with E-state index < -0.39 is 11.9 Å². The number of carboxylic acid groups (broad SMARTS) is 1. The van der Waals surface area contributed by atoms with Crippen molar-refractivity contribution in [3.05, 3.63) is 0 Å². The van der Waals surface area contributed by atoms with E-state index in [0.717, 1.165) is 0 Å². The smallest absolute Gasteiger partial charge is 0.331 e. The average molecular weight is 82.1 g/mol. The molecule has 0 radical (unpaired) electrons. The lowest BCUT2D eigenvalue weighted by atomic mass is 10.4. The van der Waals surface area contributed by atoms with Crippen molar-refractivity contribution < 1.29 is 9.90 Å². The van der Waals surface area contributed by atoms with E-state index in [0.29, 0.717) is 0 Å². The van der Waals surface area contributed by atoms with Crippen LogP contribution in [-0.2, 0) is 4.79 Å². The molecule has 0 spiro atoms. The minimum absolute atomic E-state index is 0.481. The second-order valence-electron chi connectivity index (χ2n) is 1.06. The van der Waals surface area contributed by atoms with E-state index in [4.69, 9.17) is 5.11 Å². The van der Waals surface area contributed by atoms with E-state index in [2.05, 4.69) is 11.8 Å². The molecule has 0 aliphatic heterocycles. The molecule has 0 fully saturated rings. The first kappa shape index (κ1) is 3.23. The molecule has 0 saturated heterocycles. The Kier molecular flexibility index (Phi) is 0.403. The molecular formula is C4H2O2. The SMILES string of the molecule is O=C(O)C1C#C1. The highest BCUT2D eigenvalue weighted by molar-refractivity contribution is 5.82. The maximum absolute atomic E-state index is 9.64. The molecule has 2 nitrogen and oxygen atoms in total. The molecule has 0 bridgehead atoms. The molecule has 2 heteroatoms. The predicted octanol–water partition coefficient (Wildman–Crippen LogP) is -0.296. The molecule has 1 aliphatic carbocycles. The normalized spacial score (nSPS) is 15.3. The van der Waals surface area contributed by atoms with E-state index in [9.17, 15) is 4.79 Å². The second kappa shape index (κ2) is 0.749. The van der Waals surface area contributed by atoms with E-state index in [1.807, 2.05) is 0 Å². The molecule has 0 amide bonds. The van der Waals surface area contributed by atoms with Gasteiger partial charge in [-0.05, 0) is 0 Å². The third kappa shape index (κ3) is 0.343. The quantitative estimate of drug-likeness (QED) is 0.441. The van der Waals surface area contributed by atoms with Crippen molar-refractivity contribution in [1.82, 2.24) is 0 Å². The van der Waals surface area contributed by atoms with Gasteiger partial charge in [-0.25, -0.2) is 4.79 Å². The van der Waals surface area contributed by atoms with E-state index >= 15 is 0 Å². The summed E-state index contributed by atoms with van der Waals surface area (Å²) in [4.78, 5) is 9.64. The Bertz CT molecular complexity index is 129. The van der Waals surface area contributed by atoms with Gasteiger partial charge in [-0.1, -0.05) is 11.8 Å². The standard InChI is InChI=1S/C4H2O2/c5-4(6)3-1-2-3/h3H,(H,5,6). The number of hydrogen-bond donors (Lipinski definition) is 1. The summed E-state index contributed by atoms with van der Waals surface area (Å²) in [5.41, 5.74) is 0. The molecule has 6 heavy (non-hydrogen) atoms. The zero-order chi connectivity index (χ0) is 4.57. The van der Waals surface area contributed by atoms with E-state index in [1.165, 1.54) is 0 Å². The van der Waals surface area contributed by atoms with Crippen LogP contribution in [0, 0.1) is 17.8 Å². The van der Waals surface area contributed by atoms with Crippen LogP contribution in [0.15, 0.2) is 0 Å². The molecule has 0 atom stereocenters. The second-order valence-corrected chi connectivity index (χ2v) is 1.06. The molecule has 30 valence electrons. The Labute approximate surface area is 34.8 Å². The van der Waals surface area contributed by atoms with Crippen LogP contribution in [0.4, 0.5) is 0 Å². The van der Waals surface area contributed by atoms with Crippen molar-refractivity contribution in [2.75, 3.05) is 0 Å². The van der Waals surface area contributed by atoms with E-state index in [1.54, 1.807) is 0 Å². The monoisotopic (exact) mass is 82.0 g/mol. The third-order valence-electron chi connectivity index (χ3n) is 0.536. The highest BCUT2D eigenvalue weighted by atomic mass is 16.4. The first-order valence-corrected chi connectivity index (χ1v) is 1.54. The van der Waals surface area contributed by atoms with E-state index in [-0.39, 0.29) is 0 Å². The lowest BCUT2D eigenvalue weighted by Crippen LogP contribution is -1.98. The van der Waals surface area contributed by atoms with Gasteiger partial charge >= 0.3 is 5.97 Å². The highest BCUT2D eigenvalue weighted by Gasteiger charge is 2.17. The van der Waals surface area contributed by atoms with Crippen LogP contribution in [0.3, 0.4) is 0 Å². The van der Waals surface area contributed by atoms with Crippen LogP contribution in [-0.4, -0.2) is 11.1 Å². The molecule has 0 heterocycles. The molecule has 0 saturated carbocycles. The number of carbonyl (C=O) groups is 1. The molecule has 1 N–H and O–H groups in total. The Balaban J connectivity index is 2.36. The number of rotatable bonds is 1. The fourth-order valence-corrected chi connectivity index (χ4v) is 0.165. The van der Waals surface area contributed by atoms with Crippen LogP contribution in [0.25, 0.3) is 0 Å². The fraction of sp³-hybridized carbons (Fsp3) is 0.250. The summed E-state index contributed by atoms with van der Waals surface area (Å²) in [5.74, 6) is 3.44. The fourth-order valence-electron chi connectivity index (χ4n) is 0.165. The largest absolute Gasteiger partial charge is 0.480 e. The Morgan fingerprint density at radius 1 is 1.67 bits per heavy atom. The van der Waals surface area contributed by atoms with Crippen molar-refractivity contribution in [3.63, 3.8) is 0 Å². The summed E-state index contributed by atoms with van der Waals surface area (Å²) >= 11 is 0. The van der Waals surface area contributed by atoms with Crippen molar-refractivity contribution in [2.24, 2.45) is 5.92 Å².